The number of nitrogens with one attached hydrogen (secondary N) is 1. The van der Waals surface area contributed by atoms with Gasteiger partial charge in [0.15, 0.2) is 0 Å². The Morgan fingerprint density at radius 2 is 1.77 bits per heavy atom. The monoisotopic (exact) mass is 363 g/mol. The summed E-state index contributed by atoms with van der Waals surface area (Å²) in [6.07, 6.45) is 0. The van der Waals surface area contributed by atoms with Gasteiger partial charge in [0.05, 0.1) is 12.9 Å². The lowest BCUT2D eigenvalue weighted by molar-refractivity contribution is -0.113. The number of hydrogen-bond acceptors (Lipinski definition) is 4. The molecule has 4 aromatic rings. The first-order valence-electron chi connectivity index (χ1n) is 8.21. The van der Waals surface area contributed by atoms with E-state index in [1.54, 1.807) is 7.11 Å². The predicted octanol–water partition coefficient (Wildman–Crippen LogP) is 5.33. The van der Waals surface area contributed by atoms with Gasteiger partial charge in [0, 0.05) is 27.4 Å². The number of benzene rings is 3. The maximum atomic E-state index is 12.2. The molecule has 1 heterocycles. The van der Waals surface area contributed by atoms with Crippen molar-refractivity contribution in [1.82, 2.24) is 0 Å². The molecule has 0 radical (unpaired) electrons. The van der Waals surface area contributed by atoms with Crippen molar-refractivity contribution in [3.05, 3.63) is 66.7 Å². The molecule has 26 heavy (non-hydrogen) atoms. The lowest BCUT2D eigenvalue weighted by atomic mass is 10.1. The number of methoxy groups -OCH3 is 1. The van der Waals surface area contributed by atoms with E-state index >= 15 is 0 Å². The maximum Gasteiger partial charge on any atom is 0.234 e. The molecule has 0 spiro atoms. The molecule has 5 heteroatoms. The SMILES string of the molecule is COc1ccc(SCC(=O)Nc2ccc3c(c2)oc2ccccc23)cc1. The zero-order valence-corrected chi connectivity index (χ0v) is 15.0. The number of amides is 1. The van der Waals surface area contributed by atoms with E-state index in [1.807, 2.05) is 66.7 Å². The summed E-state index contributed by atoms with van der Waals surface area (Å²) in [6, 6.07) is 21.3. The van der Waals surface area contributed by atoms with E-state index in [4.69, 9.17) is 9.15 Å². The van der Waals surface area contributed by atoms with Crippen LogP contribution in [0, 0.1) is 0 Å². The molecular weight excluding hydrogens is 346 g/mol. The largest absolute Gasteiger partial charge is 0.497 e. The molecular formula is C21H17NO3S. The van der Waals surface area contributed by atoms with Gasteiger partial charge in [-0.1, -0.05) is 18.2 Å². The molecule has 0 fully saturated rings. The molecule has 4 nitrogen and oxygen atoms in total. The Morgan fingerprint density at radius 1 is 1.00 bits per heavy atom. The first-order chi connectivity index (χ1) is 12.7. The molecule has 0 saturated carbocycles. The Hall–Kier alpha value is -2.92. The summed E-state index contributed by atoms with van der Waals surface area (Å²) in [6.45, 7) is 0. The van der Waals surface area contributed by atoms with E-state index in [0.717, 1.165) is 38.3 Å². The quantitative estimate of drug-likeness (QED) is 0.487. The van der Waals surface area contributed by atoms with Gasteiger partial charge in [-0.05, 0) is 42.5 Å². The predicted molar refractivity (Wildman–Crippen MR) is 106 cm³/mol. The second-order valence-corrected chi connectivity index (χ2v) is 6.87. The number of hydrogen-bond donors (Lipinski definition) is 1. The zero-order valence-electron chi connectivity index (χ0n) is 14.2. The number of carbonyl (C=O) groups is 1. The normalized spacial score (nSPS) is 11.0. The highest BCUT2D eigenvalue weighted by atomic mass is 32.2. The van der Waals surface area contributed by atoms with Crippen LogP contribution in [-0.4, -0.2) is 18.8 Å². The summed E-state index contributed by atoms with van der Waals surface area (Å²) < 4.78 is 11.0. The molecule has 1 N–H and O–H groups in total. The van der Waals surface area contributed by atoms with Crippen LogP contribution in [0.25, 0.3) is 21.9 Å². The van der Waals surface area contributed by atoms with Gasteiger partial charge in [0.2, 0.25) is 5.91 Å². The van der Waals surface area contributed by atoms with Crippen molar-refractivity contribution in [1.29, 1.82) is 0 Å². The van der Waals surface area contributed by atoms with Gasteiger partial charge >= 0.3 is 0 Å². The third-order valence-corrected chi connectivity index (χ3v) is 5.10. The fourth-order valence-electron chi connectivity index (χ4n) is 2.82. The zero-order chi connectivity index (χ0) is 17.9. The smallest absolute Gasteiger partial charge is 0.234 e. The lowest BCUT2D eigenvalue weighted by Gasteiger charge is -2.06. The van der Waals surface area contributed by atoms with Crippen LogP contribution in [-0.2, 0) is 4.79 Å². The Kier molecular flexibility index (Phi) is 4.54. The molecule has 0 bridgehead atoms. The van der Waals surface area contributed by atoms with Crippen molar-refractivity contribution in [2.45, 2.75) is 4.90 Å². The summed E-state index contributed by atoms with van der Waals surface area (Å²) in [5, 5.41) is 5.05. The van der Waals surface area contributed by atoms with Gasteiger partial charge in [-0.3, -0.25) is 4.79 Å². The van der Waals surface area contributed by atoms with Crippen LogP contribution < -0.4 is 10.1 Å². The van der Waals surface area contributed by atoms with Crippen LogP contribution in [0.3, 0.4) is 0 Å². The molecule has 1 amide bonds. The standard InChI is InChI=1S/C21H17NO3S/c1-24-15-7-9-16(10-8-15)26-13-21(23)22-14-6-11-18-17-4-2-3-5-19(17)25-20(18)12-14/h2-12H,13H2,1H3,(H,22,23). The number of anilines is 1. The van der Waals surface area contributed by atoms with Crippen molar-refractivity contribution >= 4 is 45.3 Å². The molecule has 1 aromatic heterocycles. The number of fused-ring (bicyclic) bond motifs is 3. The Morgan fingerprint density at radius 3 is 2.58 bits per heavy atom. The van der Waals surface area contributed by atoms with Crippen molar-refractivity contribution < 1.29 is 13.9 Å². The highest BCUT2D eigenvalue weighted by Crippen LogP contribution is 2.30. The fourth-order valence-corrected chi connectivity index (χ4v) is 3.52. The van der Waals surface area contributed by atoms with E-state index < -0.39 is 0 Å². The summed E-state index contributed by atoms with van der Waals surface area (Å²) in [5.74, 6) is 1.09. The van der Waals surface area contributed by atoms with Crippen LogP contribution >= 0.6 is 11.8 Å². The highest BCUT2D eigenvalue weighted by molar-refractivity contribution is 8.00. The van der Waals surface area contributed by atoms with Crippen molar-refractivity contribution in [3.63, 3.8) is 0 Å². The average Bonchev–Trinajstić information content (AvgIpc) is 3.04. The second kappa shape index (κ2) is 7.14. The molecule has 0 aliphatic heterocycles. The Balaban J connectivity index is 1.44. The van der Waals surface area contributed by atoms with Crippen LogP contribution in [0.15, 0.2) is 76.0 Å². The molecule has 0 saturated heterocycles. The number of furan rings is 1. The summed E-state index contributed by atoms with van der Waals surface area (Å²) in [5.41, 5.74) is 2.35. The van der Waals surface area contributed by atoms with Gasteiger partial charge in [-0.25, -0.2) is 0 Å². The fraction of sp³-hybridized carbons (Fsp3) is 0.0952. The lowest BCUT2D eigenvalue weighted by Crippen LogP contribution is -2.13. The van der Waals surface area contributed by atoms with E-state index in [1.165, 1.54) is 11.8 Å². The first-order valence-corrected chi connectivity index (χ1v) is 9.19. The molecule has 3 aromatic carbocycles. The topological polar surface area (TPSA) is 51.5 Å². The Bertz CT molecular complexity index is 1070. The molecule has 0 unspecified atom stereocenters. The molecule has 0 aliphatic rings. The van der Waals surface area contributed by atoms with Crippen molar-refractivity contribution in [3.8, 4) is 5.75 Å². The van der Waals surface area contributed by atoms with Crippen molar-refractivity contribution in [2.75, 3.05) is 18.2 Å². The minimum absolute atomic E-state index is 0.0544. The summed E-state index contributed by atoms with van der Waals surface area (Å²) in [7, 11) is 1.63. The maximum absolute atomic E-state index is 12.2. The second-order valence-electron chi connectivity index (χ2n) is 5.82. The van der Waals surface area contributed by atoms with Gasteiger partial charge in [0.25, 0.3) is 0 Å². The van der Waals surface area contributed by atoms with E-state index in [9.17, 15) is 4.79 Å². The van der Waals surface area contributed by atoms with Gasteiger partial charge in [-0.2, -0.15) is 0 Å². The van der Waals surface area contributed by atoms with Gasteiger partial charge < -0.3 is 14.5 Å². The third-order valence-electron chi connectivity index (χ3n) is 4.09. The number of carbonyl (C=O) groups excluding carboxylic acids is 1. The number of ether oxygens (including phenoxy) is 1. The number of rotatable bonds is 5. The molecule has 130 valence electrons. The van der Waals surface area contributed by atoms with Crippen LogP contribution in [0.2, 0.25) is 0 Å². The Labute approximate surface area is 155 Å². The van der Waals surface area contributed by atoms with Crippen molar-refractivity contribution in [2.24, 2.45) is 0 Å². The number of para-hydroxylation sites is 1. The minimum atomic E-state index is -0.0544. The van der Waals surface area contributed by atoms with E-state index in [0.29, 0.717) is 5.75 Å². The summed E-state index contributed by atoms with van der Waals surface area (Å²) in [4.78, 5) is 13.3. The van der Waals surface area contributed by atoms with Gasteiger partial charge in [0.1, 0.15) is 16.9 Å². The van der Waals surface area contributed by atoms with Crippen LogP contribution in [0.5, 0.6) is 5.75 Å². The molecule has 4 rings (SSSR count). The van der Waals surface area contributed by atoms with E-state index in [2.05, 4.69) is 5.32 Å². The van der Waals surface area contributed by atoms with Gasteiger partial charge in [-0.15, -0.1) is 11.8 Å². The third kappa shape index (κ3) is 3.39. The minimum Gasteiger partial charge on any atom is -0.497 e. The van der Waals surface area contributed by atoms with Crippen LogP contribution in [0.4, 0.5) is 5.69 Å². The van der Waals surface area contributed by atoms with Crippen LogP contribution in [0.1, 0.15) is 0 Å². The molecule has 0 aliphatic carbocycles. The summed E-state index contributed by atoms with van der Waals surface area (Å²) >= 11 is 1.48. The molecule has 0 atom stereocenters. The number of thioether (sulfide) groups is 1. The average molecular weight is 363 g/mol. The van der Waals surface area contributed by atoms with E-state index in [-0.39, 0.29) is 5.91 Å². The first kappa shape index (κ1) is 16.5. The highest BCUT2D eigenvalue weighted by Gasteiger charge is 2.09.